The van der Waals surface area contributed by atoms with Gasteiger partial charge in [0.15, 0.2) is 5.82 Å². The number of aromatic nitrogens is 3. The molecule has 1 aliphatic rings. The number of hydrogen-bond donors (Lipinski definition) is 1. The summed E-state index contributed by atoms with van der Waals surface area (Å²) in [5.74, 6) is 0.172. The minimum atomic E-state index is -3.90. The molecule has 0 amide bonds. The quantitative estimate of drug-likeness (QED) is 0.540. The number of fused-ring (bicyclic) bond motifs is 3. The first-order chi connectivity index (χ1) is 12.4. The van der Waals surface area contributed by atoms with Gasteiger partial charge in [0.05, 0.1) is 10.5 Å². The largest absolute Gasteiger partial charge is 0.710 e. The van der Waals surface area contributed by atoms with Crippen molar-refractivity contribution >= 4 is 21.3 Å². The van der Waals surface area contributed by atoms with Gasteiger partial charge in [0.25, 0.3) is 0 Å². The standard InChI is InChI=1S/C17H19N5O3S/c1-18-16-15(26(24,25)13-6-4-3-5-7-13)17-21(23)11-12-10-20(2)9-8-14(12)22(17)19-16/h3-7,11H,8-10H2,1-2H3,(H,18,19). The van der Waals surface area contributed by atoms with Crippen molar-refractivity contribution in [2.75, 3.05) is 26.0 Å². The summed E-state index contributed by atoms with van der Waals surface area (Å²) in [5, 5.41) is 20.0. The van der Waals surface area contributed by atoms with Crippen molar-refractivity contribution in [3.63, 3.8) is 0 Å². The van der Waals surface area contributed by atoms with Crippen molar-refractivity contribution in [1.29, 1.82) is 0 Å². The van der Waals surface area contributed by atoms with Crippen molar-refractivity contribution in [2.24, 2.45) is 0 Å². The highest BCUT2D eigenvalue weighted by Crippen LogP contribution is 2.31. The Balaban J connectivity index is 2.05. The highest BCUT2D eigenvalue weighted by Gasteiger charge is 2.35. The molecule has 1 N–H and O–H groups in total. The average molecular weight is 373 g/mol. The van der Waals surface area contributed by atoms with Crippen LogP contribution in [0.1, 0.15) is 11.3 Å². The molecule has 0 saturated carbocycles. The maximum Gasteiger partial charge on any atom is 0.333 e. The fraction of sp³-hybridized carbons (Fsp3) is 0.294. The predicted molar refractivity (Wildman–Crippen MR) is 95.6 cm³/mol. The molecule has 9 heteroatoms. The maximum atomic E-state index is 13.2. The van der Waals surface area contributed by atoms with Gasteiger partial charge in [-0.1, -0.05) is 27.8 Å². The van der Waals surface area contributed by atoms with Crippen molar-refractivity contribution in [3.8, 4) is 0 Å². The molecule has 0 saturated heterocycles. The van der Waals surface area contributed by atoms with E-state index in [1.807, 2.05) is 7.05 Å². The van der Waals surface area contributed by atoms with Crippen LogP contribution in [0, 0.1) is 5.21 Å². The second-order valence-corrected chi connectivity index (χ2v) is 8.28. The average Bonchev–Trinajstić information content (AvgIpc) is 3.03. The smallest absolute Gasteiger partial charge is 0.333 e. The van der Waals surface area contributed by atoms with Crippen LogP contribution in [-0.4, -0.2) is 43.6 Å². The number of nitrogens with zero attached hydrogens (tertiary/aromatic N) is 4. The summed E-state index contributed by atoms with van der Waals surface area (Å²) in [5.41, 5.74) is 1.76. The molecule has 0 unspecified atom stereocenters. The predicted octanol–water partition coefficient (Wildman–Crippen LogP) is 0.830. The van der Waals surface area contributed by atoms with Crippen LogP contribution in [0.4, 0.5) is 5.82 Å². The zero-order chi connectivity index (χ0) is 18.5. The molecule has 0 spiro atoms. The Morgan fingerprint density at radius 3 is 2.69 bits per heavy atom. The van der Waals surface area contributed by atoms with E-state index in [2.05, 4.69) is 15.3 Å². The Hall–Kier alpha value is -2.65. The Labute approximate surface area is 151 Å². The van der Waals surface area contributed by atoms with Crippen molar-refractivity contribution < 1.29 is 13.1 Å². The zero-order valence-electron chi connectivity index (χ0n) is 14.5. The monoisotopic (exact) mass is 373 g/mol. The molecule has 4 rings (SSSR count). The van der Waals surface area contributed by atoms with Gasteiger partial charge in [0, 0.05) is 26.6 Å². The van der Waals surface area contributed by atoms with Crippen LogP contribution < -0.4 is 10.0 Å². The number of nitrogens with one attached hydrogen (secondary N) is 1. The topological polar surface area (TPSA) is 93.6 Å². The van der Waals surface area contributed by atoms with Crippen LogP contribution in [0.5, 0.6) is 0 Å². The van der Waals surface area contributed by atoms with Crippen LogP contribution in [0.2, 0.25) is 0 Å². The summed E-state index contributed by atoms with van der Waals surface area (Å²) in [6, 6.07) is 8.08. The van der Waals surface area contributed by atoms with Gasteiger partial charge in [-0.05, 0) is 19.2 Å². The minimum Gasteiger partial charge on any atom is -0.710 e. The molecule has 0 fully saturated rings. The number of benzene rings is 1. The van der Waals surface area contributed by atoms with E-state index in [0.29, 0.717) is 17.7 Å². The van der Waals surface area contributed by atoms with E-state index in [0.717, 1.165) is 17.8 Å². The highest BCUT2D eigenvalue weighted by atomic mass is 32.2. The first-order valence-corrected chi connectivity index (χ1v) is 9.75. The number of sulfone groups is 1. The molecular weight excluding hydrogens is 354 g/mol. The lowest BCUT2D eigenvalue weighted by Crippen LogP contribution is -2.36. The first-order valence-electron chi connectivity index (χ1n) is 8.26. The molecule has 0 radical (unpaired) electrons. The fourth-order valence-electron chi connectivity index (χ4n) is 3.38. The Morgan fingerprint density at radius 2 is 2.00 bits per heavy atom. The summed E-state index contributed by atoms with van der Waals surface area (Å²) < 4.78 is 28.5. The van der Waals surface area contributed by atoms with Gasteiger partial charge >= 0.3 is 5.65 Å². The number of likely N-dealkylation sites (N-methyl/N-ethyl adjacent to an activating group) is 1. The minimum absolute atomic E-state index is 0.0292. The molecule has 1 aliphatic heterocycles. The molecule has 3 heterocycles. The molecule has 0 atom stereocenters. The van der Waals surface area contributed by atoms with Crippen molar-refractivity contribution in [3.05, 3.63) is 53.0 Å². The highest BCUT2D eigenvalue weighted by molar-refractivity contribution is 7.91. The third kappa shape index (κ3) is 2.43. The molecule has 3 aromatic rings. The van der Waals surface area contributed by atoms with E-state index in [1.54, 1.807) is 25.2 Å². The molecule has 8 nitrogen and oxygen atoms in total. The van der Waals surface area contributed by atoms with Crippen molar-refractivity contribution in [1.82, 2.24) is 14.5 Å². The van der Waals surface area contributed by atoms with E-state index < -0.39 is 9.84 Å². The Morgan fingerprint density at radius 1 is 1.27 bits per heavy atom. The number of hydrogen-bond acceptors (Lipinski definition) is 6. The molecule has 26 heavy (non-hydrogen) atoms. The molecule has 1 aromatic carbocycles. The van der Waals surface area contributed by atoms with Crippen LogP contribution >= 0.6 is 0 Å². The second kappa shape index (κ2) is 5.96. The SMILES string of the molecule is CNc1nn2c3c(c[n+]([O-])c2c1S(=O)(=O)c1ccccc1)CN(C)CC3. The third-order valence-electron chi connectivity index (χ3n) is 4.66. The van der Waals surface area contributed by atoms with Gasteiger partial charge in [0.2, 0.25) is 14.7 Å². The summed E-state index contributed by atoms with van der Waals surface area (Å²) in [6.07, 6.45) is 2.16. The number of rotatable bonds is 3. The Kier molecular flexibility index (Phi) is 3.85. The molecule has 0 aliphatic carbocycles. The normalized spacial score (nSPS) is 15.2. The molecular formula is C17H19N5O3S. The van der Waals surface area contributed by atoms with Crippen LogP contribution in [0.15, 0.2) is 46.3 Å². The van der Waals surface area contributed by atoms with Gasteiger partial charge in [0.1, 0.15) is 11.9 Å². The lowest BCUT2D eigenvalue weighted by molar-refractivity contribution is -0.583. The van der Waals surface area contributed by atoms with E-state index in [4.69, 9.17) is 0 Å². The summed E-state index contributed by atoms with van der Waals surface area (Å²) in [7, 11) is -0.322. The summed E-state index contributed by atoms with van der Waals surface area (Å²) in [6.45, 7) is 1.45. The van der Waals surface area contributed by atoms with E-state index >= 15 is 0 Å². The van der Waals surface area contributed by atoms with Crippen LogP contribution in [-0.2, 0) is 22.8 Å². The van der Waals surface area contributed by atoms with Gasteiger partial charge in [-0.15, -0.1) is 0 Å². The fourth-order valence-corrected chi connectivity index (χ4v) is 4.95. The van der Waals surface area contributed by atoms with Crippen LogP contribution in [0.3, 0.4) is 0 Å². The maximum absolute atomic E-state index is 13.2. The van der Waals surface area contributed by atoms with Crippen molar-refractivity contribution in [2.45, 2.75) is 22.8 Å². The molecule has 0 bridgehead atoms. The molecule has 136 valence electrons. The second-order valence-electron chi connectivity index (χ2n) is 6.39. The zero-order valence-corrected chi connectivity index (χ0v) is 15.3. The summed E-state index contributed by atoms with van der Waals surface area (Å²) >= 11 is 0. The van der Waals surface area contributed by atoms with Gasteiger partial charge in [-0.25, -0.2) is 13.1 Å². The van der Waals surface area contributed by atoms with Gasteiger partial charge < -0.3 is 15.4 Å². The van der Waals surface area contributed by atoms with E-state index in [9.17, 15) is 13.6 Å². The molecule has 2 aromatic heterocycles. The van der Waals surface area contributed by atoms with Gasteiger partial charge in [-0.3, -0.25) is 0 Å². The summed E-state index contributed by atoms with van der Waals surface area (Å²) in [4.78, 5) is 2.14. The lowest BCUT2D eigenvalue weighted by Gasteiger charge is -2.23. The number of anilines is 1. The lowest BCUT2D eigenvalue weighted by atomic mass is 10.1. The van der Waals surface area contributed by atoms with Crippen LogP contribution in [0.25, 0.3) is 5.65 Å². The Bertz CT molecular complexity index is 1090. The van der Waals surface area contributed by atoms with Gasteiger partial charge in [-0.2, -0.15) is 0 Å². The first kappa shape index (κ1) is 16.8. The van der Waals surface area contributed by atoms with E-state index in [-0.39, 0.29) is 21.3 Å². The van der Waals surface area contributed by atoms with E-state index in [1.165, 1.54) is 22.8 Å². The third-order valence-corrected chi connectivity index (χ3v) is 6.46.